The summed E-state index contributed by atoms with van der Waals surface area (Å²) in [6, 6.07) is 0.461. The zero-order chi connectivity index (χ0) is 11.8. The molecule has 2 rings (SSSR count). The van der Waals surface area contributed by atoms with E-state index in [2.05, 4.69) is 25.7 Å². The Morgan fingerprint density at radius 3 is 2.56 bits per heavy atom. The summed E-state index contributed by atoms with van der Waals surface area (Å²) in [5.41, 5.74) is 0.0779. The van der Waals surface area contributed by atoms with Gasteiger partial charge in [0.15, 0.2) is 0 Å². The van der Waals surface area contributed by atoms with E-state index in [0.29, 0.717) is 11.9 Å². The quantitative estimate of drug-likeness (QED) is 0.673. The van der Waals surface area contributed by atoms with E-state index >= 15 is 0 Å². The van der Waals surface area contributed by atoms with Crippen molar-refractivity contribution in [3.63, 3.8) is 0 Å². The largest absolute Gasteiger partial charge is 0.338 e. The summed E-state index contributed by atoms with van der Waals surface area (Å²) < 4.78 is 0. The smallest absolute Gasteiger partial charge is 0.230 e. The molecule has 1 saturated carbocycles. The molecule has 2 nitrogen and oxygen atoms in total. The number of hydrogen-bond donors (Lipinski definition) is 0. The van der Waals surface area contributed by atoms with Crippen LogP contribution in [0.4, 0.5) is 0 Å². The summed E-state index contributed by atoms with van der Waals surface area (Å²) >= 11 is 0. The zero-order valence-corrected chi connectivity index (χ0v) is 11.0. The standard InChI is InChI=1S/C14H25NO/c1-4-5-12(3)15-10-14(13(15)16)8-6-11(2)7-9-14/h11-12H,4-10H2,1-3H3/t11?,12-,14?/m0/s1. The second kappa shape index (κ2) is 4.38. The average Bonchev–Trinajstić information content (AvgIpc) is 2.27. The van der Waals surface area contributed by atoms with Gasteiger partial charge in [-0.3, -0.25) is 4.79 Å². The molecule has 1 amide bonds. The molecule has 0 aromatic heterocycles. The molecule has 2 aliphatic rings. The molecule has 1 saturated heterocycles. The van der Waals surface area contributed by atoms with Gasteiger partial charge >= 0.3 is 0 Å². The molecule has 1 aliphatic carbocycles. The van der Waals surface area contributed by atoms with Crippen molar-refractivity contribution in [1.29, 1.82) is 0 Å². The van der Waals surface area contributed by atoms with Crippen LogP contribution in [0, 0.1) is 11.3 Å². The van der Waals surface area contributed by atoms with Crippen LogP contribution in [0.3, 0.4) is 0 Å². The minimum absolute atomic E-state index is 0.0779. The van der Waals surface area contributed by atoms with Crippen LogP contribution in [0.5, 0.6) is 0 Å². The van der Waals surface area contributed by atoms with E-state index in [-0.39, 0.29) is 5.41 Å². The van der Waals surface area contributed by atoms with Crippen LogP contribution in [0.2, 0.25) is 0 Å². The molecule has 0 bridgehead atoms. The molecule has 16 heavy (non-hydrogen) atoms. The topological polar surface area (TPSA) is 20.3 Å². The van der Waals surface area contributed by atoms with Crippen LogP contribution in [-0.4, -0.2) is 23.4 Å². The molecule has 1 spiro atoms. The molecule has 0 aromatic carbocycles. The van der Waals surface area contributed by atoms with Crippen LogP contribution in [0.1, 0.15) is 59.3 Å². The van der Waals surface area contributed by atoms with Crippen molar-refractivity contribution in [3.8, 4) is 0 Å². The summed E-state index contributed by atoms with van der Waals surface area (Å²) in [5.74, 6) is 1.29. The van der Waals surface area contributed by atoms with Crippen molar-refractivity contribution in [2.45, 2.75) is 65.3 Å². The lowest BCUT2D eigenvalue weighted by Crippen LogP contribution is -2.64. The van der Waals surface area contributed by atoms with Gasteiger partial charge in [0.2, 0.25) is 5.91 Å². The van der Waals surface area contributed by atoms with Crippen LogP contribution in [-0.2, 0) is 4.79 Å². The fourth-order valence-corrected chi connectivity index (χ4v) is 3.30. The predicted octanol–water partition coefficient (Wildman–Crippen LogP) is 3.21. The molecular weight excluding hydrogens is 198 g/mol. The first-order chi connectivity index (χ1) is 7.59. The lowest BCUT2D eigenvalue weighted by atomic mass is 9.65. The first-order valence-corrected chi connectivity index (χ1v) is 6.90. The Labute approximate surface area is 99.4 Å². The number of hydrogen-bond acceptors (Lipinski definition) is 1. The molecule has 1 heterocycles. The van der Waals surface area contributed by atoms with E-state index in [4.69, 9.17) is 0 Å². The number of rotatable bonds is 3. The lowest BCUT2D eigenvalue weighted by Gasteiger charge is -2.54. The summed E-state index contributed by atoms with van der Waals surface area (Å²) in [7, 11) is 0. The van der Waals surface area contributed by atoms with E-state index in [0.717, 1.165) is 31.7 Å². The number of amides is 1. The molecule has 0 radical (unpaired) electrons. The van der Waals surface area contributed by atoms with Crippen molar-refractivity contribution in [1.82, 2.24) is 4.90 Å². The molecule has 0 unspecified atom stereocenters. The fourth-order valence-electron chi connectivity index (χ4n) is 3.30. The fraction of sp³-hybridized carbons (Fsp3) is 0.929. The van der Waals surface area contributed by atoms with Gasteiger partial charge < -0.3 is 4.90 Å². The number of nitrogens with zero attached hydrogens (tertiary/aromatic N) is 1. The van der Waals surface area contributed by atoms with E-state index in [1.807, 2.05) is 0 Å². The van der Waals surface area contributed by atoms with Gasteiger partial charge in [-0.1, -0.05) is 20.3 Å². The minimum atomic E-state index is 0.0779. The van der Waals surface area contributed by atoms with E-state index in [1.54, 1.807) is 0 Å². The van der Waals surface area contributed by atoms with Gasteiger partial charge in [-0.25, -0.2) is 0 Å². The number of carbonyl (C=O) groups excluding carboxylic acids is 1. The number of β-lactam (4-membered cyclic amide) rings is 1. The van der Waals surface area contributed by atoms with Crippen molar-refractivity contribution in [2.24, 2.45) is 11.3 Å². The molecule has 2 fully saturated rings. The number of likely N-dealkylation sites (tertiary alicyclic amines) is 1. The Morgan fingerprint density at radius 2 is 2.06 bits per heavy atom. The van der Waals surface area contributed by atoms with Gasteiger partial charge in [-0.05, 0) is 44.9 Å². The first-order valence-electron chi connectivity index (χ1n) is 6.90. The molecule has 0 N–H and O–H groups in total. The van der Waals surface area contributed by atoms with Crippen molar-refractivity contribution < 1.29 is 4.79 Å². The maximum Gasteiger partial charge on any atom is 0.230 e. The van der Waals surface area contributed by atoms with Gasteiger partial charge in [-0.2, -0.15) is 0 Å². The Hall–Kier alpha value is -0.530. The van der Waals surface area contributed by atoms with Gasteiger partial charge in [-0.15, -0.1) is 0 Å². The zero-order valence-electron chi connectivity index (χ0n) is 11.0. The van der Waals surface area contributed by atoms with Crippen LogP contribution < -0.4 is 0 Å². The highest BCUT2D eigenvalue weighted by atomic mass is 16.2. The molecule has 0 aromatic rings. The van der Waals surface area contributed by atoms with E-state index in [1.165, 1.54) is 19.3 Å². The third-order valence-electron chi connectivity index (χ3n) is 4.66. The molecule has 1 aliphatic heterocycles. The van der Waals surface area contributed by atoms with Gasteiger partial charge in [0.05, 0.1) is 5.41 Å². The third-order valence-corrected chi connectivity index (χ3v) is 4.66. The maximum absolute atomic E-state index is 12.3. The molecule has 1 atom stereocenters. The van der Waals surface area contributed by atoms with E-state index < -0.39 is 0 Å². The summed E-state index contributed by atoms with van der Waals surface area (Å²) in [5, 5.41) is 0. The lowest BCUT2D eigenvalue weighted by molar-refractivity contribution is -0.168. The second-order valence-corrected chi connectivity index (χ2v) is 6.03. The Balaban J connectivity index is 1.91. The van der Waals surface area contributed by atoms with Crippen LogP contribution in [0.25, 0.3) is 0 Å². The molecule has 92 valence electrons. The van der Waals surface area contributed by atoms with E-state index in [9.17, 15) is 4.79 Å². The third kappa shape index (κ3) is 1.87. The van der Waals surface area contributed by atoms with Gasteiger partial charge in [0, 0.05) is 12.6 Å². The van der Waals surface area contributed by atoms with Crippen molar-refractivity contribution >= 4 is 5.91 Å². The predicted molar refractivity (Wildman–Crippen MR) is 66.1 cm³/mol. The normalized spacial score (nSPS) is 36.3. The van der Waals surface area contributed by atoms with Crippen LogP contribution >= 0.6 is 0 Å². The second-order valence-electron chi connectivity index (χ2n) is 6.03. The van der Waals surface area contributed by atoms with Crippen molar-refractivity contribution in [3.05, 3.63) is 0 Å². The summed E-state index contributed by atoms with van der Waals surface area (Å²) in [4.78, 5) is 14.4. The minimum Gasteiger partial charge on any atom is -0.338 e. The Bertz CT molecular complexity index is 266. The van der Waals surface area contributed by atoms with Crippen molar-refractivity contribution in [2.75, 3.05) is 6.54 Å². The summed E-state index contributed by atoms with van der Waals surface area (Å²) in [6.07, 6.45) is 7.11. The van der Waals surface area contributed by atoms with Gasteiger partial charge in [0.25, 0.3) is 0 Å². The summed E-state index contributed by atoms with van der Waals surface area (Å²) in [6.45, 7) is 7.74. The first kappa shape index (κ1) is 11.9. The highest BCUT2D eigenvalue weighted by Gasteiger charge is 2.53. The number of carbonyl (C=O) groups is 1. The molecule has 2 heteroatoms. The average molecular weight is 223 g/mol. The monoisotopic (exact) mass is 223 g/mol. The highest BCUT2D eigenvalue weighted by molar-refractivity contribution is 5.89. The Morgan fingerprint density at radius 1 is 1.44 bits per heavy atom. The van der Waals surface area contributed by atoms with Gasteiger partial charge in [0.1, 0.15) is 0 Å². The SMILES string of the molecule is CCC[C@H](C)N1CC2(CCC(C)CC2)C1=O. The van der Waals surface area contributed by atoms with Crippen LogP contribution in [0.15, 0.2) is 0 Å². The molecular formula is C14H25NO. The highest BCUT2D eigenvalue weighted by Crippen LogP contribution is 2.47. The Kier molecular flexibility index (Phi) is 3.27. The maximum atomic E-state index is 12.3.